The number of imidazole rings is 1. The number of hydrogen-bond acceptors (Lipinski definition) is 6. The smallest absolute Gasteiger partial charge is 0.413 e. The number of aromatic nitrogens is 4. The number of ether oxygens (including phenoxy) is 1. The van der Waals surface area contributed by atoms with E-state index >= 15 is 0 Å². The van der Waals surface area contributed by atoms with Crippen molar-refractivity contribution in [2.24, 2.45) is 0 Å². The third-order valence-electron chi connectivity index (χ3n) is 6.04. The van der Waals surface area contributed by atoms with E-state index < -0.39 is 6.09 Å². The molecule has 1 amide bonds. The quantitative estimate of drug-likeness (QED) is 0.696. The second kappa shape index (κ2) is 7.24. The predicted molar refractivity (Wildman–Crippen MR) is 112 cm³/mol. The van der Waals surface area contributed by atoms with Gasteiger partial charge in [0.15, 0.2) is 0 Å². The van der Waals surface area contributed by atoms with Gasteiger partial charge in [-0.05, 0) is 37.8 Å². The van der Waals surface area contributed by atoms with Gasteiger partial charge in [-0.2, -0.15) is 0 Å². The van der Waals surface area contributed by atoms with Gasteiger partial charge in [-0.15, -0.1) is 0 Å². The molecule has 0 unspecified atom stereocenters. The molecule has 1 N–H and O–H groups in total. The first-order valence-electron chi connectivity index (χ1n) is 10.2. The lowest BCUT2D eigenvalue weighted by molar-refractivity contribution is 0.122. The van der Waals surface area contributed by atoms with Crippen molar-refractivity contribution in [3.05, 3.63) is 35.4 Å². The molecule has 5 rings (SSSR count). The number of morpholine rings is 1. The summed E-state index contributed by atoms with van der Waals surface area (Å²) in [6, 6.07) is 0. The van der Waals surface area contributed by atoms with Crippen LogP contribution in [0.3, 0.4) is 0 Å². The fraction of sp³-hybridized carbons (Fsp3) is 0.429. The highest BCUT2D eigenvalue weighted by Crippen LogP contribution is 2.34. The van der Waals surface area contributed by atoms with E-state index in [1.807, 2.05) is 29.9 Å². The van der Waals surface area contributed by atoms with Crippen LogP contribution in [-0.4, -0.2) is 63.4 Å². The lowest BCUT2D eigenvalue weighted by Gasteiger charge is -2.26. The Labute approximate surface area is 173 Å². The van der Waals surface area contributed by atoms with Gasteiger partial charge in [0.25, 0.3) is 0 Å². The lowest BCUT2D eigenvalue weighted by Crippen LogP contribution is -2.37. The molecule has 0 bridgehead atoms. The second-order valence-corrected chi connectivity index (χ2v) is 7.78. The van der Waals surface area contributed by atoms with Crippen LogP contribution in [0.15, 0.2) is 18.6 Å². The zero-order valence-corrected chi connectivity index (χ0v) is 17.1. The Morgan fingerprint density at radius 3 is 2.53 bits per heavy atom. The number of anilines is 2. The fourth-order valence-electron chi connectivity index (χ4n) is 4.28. The maximum atomic E-state index is 11.8. The molecule has 2 aliphatic heterocycles. The van der Waals surface area contributed by atoms with Crippen LogP contribution in [0.25, 0.3) is 16.8 Å². The summed E-state index contributed by atoms with van der Waals surface area (Å²) in [5, 5.41) is 9.68. The van der Waals surface area contributed by atoms with Crippen LogP contribution in [0.1, 0.15) is 23.2 Å². The minimum Gasteiger partial charge on any atom is -0.465 e. The summed E-state index contributed by atoms with van der Waals surface area (Å²) in [7, 11) is 0. The molecule has 1 saturated heterocycles. The molecule has 0 spiro atoms. The Morgan fingerprint density at radius 1 is 1.10 bits per heavy atom. The molecule has 0 radical (unpaired) electrons. The summed E-state index contributed by atoms with van der Waals surface area (Å²) >= 11 is 0. The van der Waals surface area contributed by atoms with E-state index in [1.54, 1.807) is 0 Å². The molecule has 3 aromatic heterocycles. The molecular weight excluding hydrogens is 384 g/mol. The minimum atomic E-state index is -0.948. The Hall–Kier alpha value is -3.20. The molecule has 9 nitrogen and oxygen atoms in total. The highest BCUT2D eigenvalue weighted by molar-refractivity contribution is 5.88. The third kappa shape index (κ3) is 2.97. The molecule has 30 heavy (non-hydrogen) atoms. The lowest BCUT2D eigenvalue weighted by atomic mass is 10.0. The molecule has 156 valence electrons. The Kier molecular flexibility index (Phi) is 4.54. The maximum absolute atomic E-state index is 11.8. The van der Waals surface area contributed by atoms with E-state index in [0.29, 0.717) is 31.5 Å². The summed E-state index contributed by atoms with van der Waals surface area (Å²) in [5.74, 6) is 1.36. The van der Waals surface area contributed by atoms with E-state index in [0.717, 1.165) is 59.5 Å². The van der Waals surface area contributed by atoms with Crippen LogP contribution in [0.5, 0.6) is 0 Å². The molecule has 1 fully saturated rings. The largest absolute Gasteiger partial charge is 0.465 e. The highest BCUT2D eigenvalue weighted by Gasteiger charge is 2.28. The van der Waals surface area contributed by atoms with Gasteiger partial charge in [0.2, 0.25) is 5.95 Å². The molecule has 0 saturated carbocycles. The zero-order valence-electron chi connectivity index (χ0n) is 17.1. The van der Waals surface area contributed by atoms with Gasteiger partial charge in [-0.1, -0.05) is 0 Å². The summed E-state index contributed by atoms with van der Waals surface area (Å²) < 4.78 is 7.31. The van der Waals surface area contributed by atoms with E-state index in [9.17, 15) is 9.90 Å². The van der Waals surface area contributed by atoms with Crippen LogP contribution >= 0.6 is 0 Å². The molecule has 3 aromatic rings. The maximum Gasteiger partial charge on any atom is 0.413 e. The topological polar surface area (TPSA) is 96.1 Å². The molecule has 0 aliphatic carbocycles. The number of fused-ring (bicyclic) bond motifs is 3. The van der Waals surface area contributed by atoms with Crippen LogP contribution < -0.4 is 9.80 Å². The Bertz CT molecular complexity index is 1120. The van der Waals surface area contributed by atoms with Gasteiger partial charge < -0.3 is 14.7 Å². The van der Waals surface area contributed by atoms with E-state index in [-0.39, 0.29) is 0 Å². The average Bonchev–Trinajstić information content (AvgIpc) is 3.16. The van der Waals surface area contributed by atoms with Crippen molar-refractivity contribution in [2.75, 3.05) is 42.6 Å². The van der Waals surface area contributed by atoms with Gasteiger partial charge in [0, 0.05) is 49.4 Å². The normalized spacial score (nSPS) is 16.7. The molecule has 9 heteroatoms. The van der Waals surface area contributed by atoms with Gasteiger partial charge in [-0.25, -0.2) is 19.7 Å². The van der Waals surface area contributed by atoms with Crippen molar-refractivity contribution < 1.29 is 14.6 Å². The fourth-order valence-corrected chi connectivity index (χ4v) is 4.28. The number of carboxylic acid groups (broad SMARTS) is 1. The van der Waals surface area contributed by atoms with Gasteiger partial charge in [0.05, 0.1) is 18.9 Å². The Morgan fingerprint density at radius 2 is 1.83 bits per heavy atom. The minimum absolute atomic E-state index is 0.482. The number of amides is 1. The van der Waals surface area contributed by atoms with Crippen LogP contribution in [0, 0.1) is 13.8 Å². The van der Waals surface area contributed by atoms with Crippen molar-refractivity contribution >= 4 is 23.5 Å². The number of nitrogens with zero attached hydrogens (tertiary/aromatic N) is 6. The van der Waals surface area contributed by atoms with Gasteiger partial charge in [0.1, 0.15) is 11.5 Å². The standard InChI is InChI=1S/C21H24N6O3/c1-13-14(2)18-24-17-4-3-5-26(21(28)29)19(17)27(18)12-16(13)15-10-22-20(23-11-15)25-6-8-30-9-7-25/h10-12H,3-9H2,1-2H3,(H,28,29). The highest BCUT2D eigenvalue weighted by atomic mass is 16.5. The van der Waals surface area contributed by atoms with E-state index in [2.05, 4.69) is 21.8 Å². The second-order valence-electron chi connectivity index (χ2n) is 7.78. The number of hydrogen-bond donors (Lipinski definition) is 1. The van der Waals surface area contributed by atoms with Crippen molar-refractivity contribution in [2.45, 2.75) is 26.7 Å². The van der Waals surface area contributed by atoms with Crippen LogP contribution in [-0.2, 0) is 11.2 Å². The average molecular weight is 408 g/mol. The van der Waals surface area contributed by atoms with Gasteiger partial charge in [-0.3, -0.25) is 9.30 Å². The summed E-state index contributed by atoms with van der Waals surface area (Å²) in [5.41, 5.74) is 5.64. The first kappa shape index (κ1) is 18.8. The number of carbonyl (C=O) groups is 1. The summed E-state index contributed by atoms with van der Waals surface area (Å²) in [6.45, 7) is 7.52. The number of aryl methyl sites for hydroxylation is 2. The molecule has 0 aromatic carbocycles. The van der Waals surface area contributed by atoms with E-state index in [4.69, 9.17) is 9.72 Å². The summed E-state index contributed by atoms with van der Waals surface area (Å²) in [6.07, 6.45) is 6.26. The van der Waals surface area contributed by atoms with Crippen LogP contribution in [0.4, 0.5) is 16.6 Å². The number of pyridine rings is 1. The molecule has 0 atom stereocenters. The van der Waals surface area contributed by atoms with Crippen molar-refractivity contribution in [1.29, 1.82) is 0 Å². The molecule has 2 aliphatic rings. The Balaban J connectivity index is 1.60. The van der Waals surface area contributed by atoms with Crippen LogP contribution in [0.2, 0.25) is 0 Å². The first-order valence-corrected chi connectivity index (χ1v) is 10.2. The monoisotopic (exact) mass is 408 g/mol. The van der Waals surface area contributed by atoms with E-state index in [1.165, 1.54) is 4.90 Å². The SMILES string of the molecule is Cc1c(-c2cnc(N3CCOCC3)nc2)cn2c3c(nc2c1C)CCCN3C(=O)O. The number of rotatable bonds is 2. The summed E-state index contributed by atoms with van der Waals surface area (Å²) in [4.78, 5) is 29.2. The predicted octanol–water partition coefficient (Wildman–Crippen LogP) is 2.68. The molecule has 5 heterocycles. The third-order valence-corrected chi connectivity index (χ3v) is 6.04. The van der Waals surface area contributed by atoms with Gasteiger partial charge >= 0.3 is 6.09 Å². The molecular formula is C21H24N6O3. The van der Waals surface area contributed by atoms with Crippen molar-refractivity contribution in [3.8, 4) is 11.1 Å². The van der Waals surface area contributed by atoms with Crippen molar-refractivity contribution in [3.63, 3.8) is 0 Å². The first-order chi connectivity index (χ1) is 14.5. The van der Waals surface area contributed by atoms with Crippen molar-refractivity contribution in [1.82, 2.24) is 19.4 Å². The zero-order chi connectivity index (χ0) is 20.8.